The maximum Gasteiger partial charge on any atom is 0.306 e. The number of rotatable bonds is 6. The lowest BCUT2D eigenvalue weighted by Gasteiger charge is -2.29. The van der Waals surface area contributed by atoms with Crippen molar-refractivity contribution in [1.29, 1.82) is 0 Å². The quantitative estimate of drug-likeness (QED) is 0.591. The summed E-state index contributed by atoms with van der Waals surface area (Å²) >= 11 is 5.32. The summed E-state index contributed by atoms with van der Waals surface area (Å²) in [5.74, 6) is -0.546. The van der Waals surface area contributed by atoms with Crippen molar-refractivity contribution in [1.82, 2.24) is 0 Å². The number of hydrogen-bond donors (Lipinski definition) is 0. The van der Waals surface area contributed by atoms with Gasteiger partial charge in [0, 0.05) is 18.2 Å². The van der Waals surface area contributed by atoms with Gasteiger partial charge in [0.15, 0.2) is 0 Å². The maximum absolute atomic E-state index is 13.0. The number of halogens is 1. The van der Waals surface area contributed by atoms with E-state index in [0.717, 1.165) is 12.1 Å². The van der Waals surface area contributed by atoms with Gasteiger partial charge in [0.05, 0.1) is 0 Å². The van der Waals surface area contributed by atoms with Gasteiger partial charge in [-0.05, 0) is 44.5 Å². The number of nitrogens with zero attached hydrogens (tertiary/aromatic N) is 1. The summed E-state index contributed by atoms with van der Waals surface area (Å²) < 4.78 is 18.1. The number of anilines is 1. The molecule has 0 aliphatic heterocycles. The molecule has 0 aromatic heterocycles. The van der Waals surface area contributed by atoms with Gasteiger partial charge in [0.2, 0.25) is 0 Å². The Hall–Kier alpha value is -1.49. The fourth-order valence-electron chi connectivity index (χ4n) is 1.82. The van der Waals surface area contributed by atoms with E-state index in [9.17, 15) is 9.18 Å². The zero-order valence-corrected chi connectivity index (χ0v) is 12.9. The Morgan fingerprint density at radius 3 is 2.45 bits per heavy atom. The molecule has 0 saturated carbocycles. The fraction of sp³-hybridized carbons (Fsp3) is 0.467. The van der Waals surface area contributed by atoms with E-state index < -0.39 is 0 Å². The third kappa shape index (κ3) is 4.89. The first-order valence-electron chi connectivity index (χ1n) is 6.69. The van der Waals surface area contributed by atoms with Gasteiger partial charge >= 0.3 is 5.97 Å². The van der Waals surface area contributed by atoms with Crippen LogP contribution >= 0.6 is 12.2 Å². The Bertz CT molecular complexity index is 459. The first kappa shape index (κ1) is 16.6. The van der Waals surface area contributed by atoms with E-state index in [1.165, 1.54) is 12.1 Å². The molecule has 1 rings (SSSR count). The summed E-state index contributed by atoms with van der Waals surface area (Å²) in [6, 6.07) is 6.19. The average Bonchev–Trinajstić information content (AvgIpc) is 2.39. The van der Waals surface area contributed by atoms with Crippen LogP contribution in [0.25, 0.3) is 0 Å². The van der Waals surface area contributed by atoms with Crippen LogP contribution in [0.4, 0.5) is 10.1 Å². The number of esters is 1. The Morgan fingerprint density at radius 1 is 1.35 bits per heavy atom. The molecule has 0 spiro atoms. The minimum atomic E-state index is -0.294. The smallest absolute Gasteiger partial charge is 0.306 e. The molecule has 5 heteroatoms. The van der Waals surface area contributed by atoms with Gasteiger partial charge in [-0.15, -0.1) is 0 Å². The number of hydrogen-bond acceptors (Lipinski definition) is 3. The normalized spacial score (nSPS) is 10.4. The van der Waals surface area contributed by atoms with Gasteiger partial charge in [-0.3, -0.25) is 4.79 Å². The van der Waals surface area contributed by atoms with Crippen molar-refractivity contribution < 1.29 is 13.9 Å². The van der Waals surface area contributed by atoms with Crippen LogP contribution in [0.2, 0.25) is 0 Å². The van der Waals surface area contributed by atoms with E-state index >= 15 is 0 Å². The molecule has 0 N–H and O–H groups in total. The standard InChI is InChI=1S/C15H20FNO2S/c1-4-5-15(18)19-10-14(20)17(11(2)3)13-8-6-12(16)7-9-13/h6-9,11H,4-5,10H2,1-3H3. The number of ether oxygens (including phenoxy) is 1. The Balaban J connectivity index is 2.73. The van der Waals surface area contributed by atoms with Gasteiger partial charge < -0.3 is 9.64 Å². The topological polar surface area (TPSA) is 29.5 Å². The molecule has 0 aliphatic rings. The van der Waals surface area contributed by atoms with Crippen molar-refractivity contribution in [3.05, 3.63) is 30.1 Å². The van der Waals surface area contributed by atoms with Gasteiger partial charge in [0.25, 0.3) is 0 Å². The van der Waals surface area contributed by atoms with E-state index in [4.69, 9.17) is 17.0 Å². The molecule has 0 heterocycles. The molecule has 0 saturated heterocycles. The highest BCUT2D eigenvalue weighted by Gasteiger charge is 2.17. The van der Waals surface area contributed by atoms with Crippen LogP contribution in [0.3, 0.4) is 0 Å². The molecule has 0 aliphatic carbocycles. The molecule has 20 heavy (non-hydrogen) atoms. The third-order valence-corrected chi connectivity index (χ3v) is 3.02. The van der Waals surface area contributed by atoms with Crippen molar-refractivity contribution in [3.63, 3.8) is 0 Å². The molecular weight excluding hydrogens is 277 g/mol. The van der Waals surface area contributed by atoms with E-state index in [2.05, 4.69) is 0 Å². The van der Waals surface area contributed by atoms with E-state index in [1.54, 1.807) is 12.1 Å². The van der Waals surface area contributed by atoms with Crippen LogP contribution in [0, 0.1) is 5.82 Å². The summed E-state index contributed by atoms with van der Waals surface area (Å²) in [5.41, 5.74) is 0.790. The third-order valence-electron chi connectivity index (χ3n) is 2.70. The first-order chi connectivity index (χ1) is 9.45. The molecule has 0 fully saturated rings. The summed E-state index contributed by atoms with van der Waals surface area (Å²) in [6.07, 6.45) is 1.14. The molecular formula is C15H20FNO2S. The maximum atomic E-state index is 13.0. The number of thiocarbonyl (C=S) groups is 1. The van der Waals surface area contributed by atoms with Crippen LogP contribution in [0.15, 0.2) is 24.3 Å². The molecule has 1 aromatic carbocycles. The van der Waals surface area contributed by atoms with Crippen LogP contribution in [-0.2, 0) is 9.53 Å². The van der Waals surface area contributed by atoms with Crippen molar-refractivity contribution in [2.75, 3.05) is 11.5 Å². The highest BCUT2D eigenvalue weighted by Crippen LogP contribution is 2.18. The van der Waals surface area contributed by atoms with Crippen LogP contribution in [-0.4, -0.2) is 23.6 Å². The average molecular weight is 297 g/mol. The minimum absolute atomic E-state index is 0.0731. The SMILES string of the molecule is CCCC(=O)OCC(=S)N(c1ccc(F)cc1)C(C)C. The lowest BCUT2D eigenvalue weighted by molar-refractivity contribution is -0.141. The van der Waals surface area contributed by atoms with Gasteiger partial charge in [-0.25, -0.2) is 4.39 Å². The zero-order chi connectivity index (χ0) is 15.1. The van der Waals surface area contributed by atoms with E-state index in [-0.39, 0.29) is 24.4 Å². The Labute approximate surface area is 124 Å². The Morgan fingerprint density at radius 2 is 1.95 bits per heavy atom. The summed E-state index contributed by atoms with van der Waals surface area (Å²) in [7, 11) is 0. The number of carbonyl (C=O) groups excluding carboxylic acids is 1. The zero-order valence-electron chi connectivity index (χ0n) is 12.1. The summed E-state index contributed by atoms with van der Waals surface area (Å²) in [4.78, 5) is 13.7. The number of benzene rings is 1. The summed E-state index contributed by atoms with van der Waals surface area (Å²) in [5, 5.41) is 0. The molecule has 110 valence electrons. The monoisotopic (exact) mass is 297 g/mol. The largest absolute Gasteiger partial charge is 0.458 e. The summed E-state index contributed by atoms with van der Waals surface area (Å²) in [6.45, 7) is 5.94. The molecule has 0 bridgehead atoms. The molecule has 0 atom stereocenters. The van der Waals surface area contributed by atoms with Crippen LogP contribution in [0.1, 0.15) is 33.6 Å². The second-order valence-electron chi connectivity index (χ2n) is 4.74. The highest BCUT2D eigenvalue weighted by molar-refractivity contribution is 7.80. The molecule has 0 amide bonds. The van der Waals surface area contributed by atoms with Crippen molar-refractivity contribution in [2.45, 2.75) is 39.7 Å². The second kappa shape index (κ2) is 7.94. The lowest BCUT2D eigenvalue weighted by atomic mass is 10.2. The Kier molecular flexibility index (Phi) is 6.58. The highest BCUT2D eigenvalue weighted by atomic mass is 32.1. The second-order valence-corrected chi connectivity index (χ2v) is 5.22. The van der Waals surface area contributed by atoms with Crippen molar-refractivity contribution in [3.8, 4) is 0 Å². The fourth-order valence-corrected chi connectivity index (χ4v) is 2.20. The molecule has 0 unspecified atom stereocenters. The lowest BCUT2D eigenvalue weighted by Crippen LogP contribution is -2.38. The first-order valence-corrected chi connectivity index (χ1v) is 7.09. The van der Waals surface area contributed by atoms with Crippen molar-refractivity contribution >= 4 is 28.9 Å². The predicted octanol–water partition coefficient (Wildman–Crippen LogP) is 3.71. The van der Waals surface area contributed by atoms with E-state index in [1.807, 2.05) is 25.7 Å². The van der Waals surface area contributed by atoms with E-state index in [0.29, 0.717) is 11.4 Å². The van der Waals surface area contributed by atoms with Crippen LogP contribution < -0.4 is 4.90 Å². The van der Waals surface area contributed by atoms with Gasteiger partial charge in [0.1, 0.15) is 17.4 Å². The molecule has 3 nitrogen and oxygen atoms in total. The predicted molar refractivity (Wildman–Crippen MR) is 82.5 cm³/mol. The minimum Gasteiger partial charge on any atom is -0.458 e. The van der Waals surface area contributed by atoms with Crippen LogP contribution in [0.5, 0.6) is 0 Å². The number of carbonyl (C=O) groups is 1. The van der Waals surface area contributed by atoms with Crippen molar-refractivity contribution in [2.24, 2.45) is 0 Å². The van der Waals surface area contributed by atoms with Gasteiger partial charge in [-0.2, -0.15) is 0 Å². The molecule has 1 aromatic rings. The molecule has 0 radical (unpaired) electrons. The van der Waals surface area contributed by atoms with Gasteiger partial charge in [-0.1, -0.05) is 19.1 Å².